The molecule has 1 N–H and O–H groups in total. The summed E-state index contributed by atoms with van der Waals surface area (Å²) in [5.41, 5.74) is 0.120. The number of nitrogens with zero attached hydrogens (tertiary/aromatic N) is 2. The van der Waals surface area contributed by atoms with Crippen molar-refractivity contribution >= 4 is 26.0 Å². The van der Waals surface area contributed by atoms with Gasteiger partial charge in [-0.05, 0) is 43.9 Å². The summed E-state index contributed by atoms with van der Waals surface area (Å²) >= 11 is 0. The lowest BCUT2D eigenvalue weighted by Crippen LogP contribution is -2.49. The summed E-state index contributed by atoms with van der Waals surface area (Å²) in [7, 11) is -5.64. The first-order valence-electron chi connectivity index (χ1n) is 10.6. The van der Waals surface area contributed by atoms with E-state index in [9.17, 15) is 21.6 Å². The van der Waals surface area contributed by atoms with Crippen molar-refractivity contribution in [2.24, 2.45) is 0 Å². The number of carbonyl (C=O) groups excluding carboxylic acids is 1. The van der Waals surface area contributed by atoms with E-state index in [2.05, 4.69) is 5.32 Å². The van der Waals surface area contributed by atoms with Crippen LogP contribution in [0.4, 0.5) is 0 Å². The molecule has 0 radical (unpaired) electrons. The normalized spacial score (nSPS) is 21.9. The lowest BCUT2D eigenvalue weighted by Gasteiger charge is -2.31. The zero-order chi connectivity index (χ0) is 22.6. The number of methoxy groups -OCH3 is 1. The van der Waals surface area contributed by atoms with E-state index in [-0.39, 0.29) is 28.8 Å². The molecule has 3 rings (SSSR count). The maximum Gasteiger partial charge on any atom is 0.255 e. The van der Waals surface area contributed by atoms with Crippen LogP contribution in [0, 0.1) is 0 Å². The van der Waals surface area contributed by atoms with Crippen LogP contribution in [-0.4, -0.2) is 76.9 Å². The van der Waals surface area contributed by atoms with Gasteiger partial charge in [0.2, 0.25) is 20.0 Å². The number of hydrogen-bond donors (Lipinski definition) is 1. The van der Waals surface area contributed by atoms with Crippen molar-refractivity contribution in [3.8, 4) is 5.75 Å². The van der Waals surface area contributed by atoms with Gasteiger partial charge in [0.15, 0.2) is 0 Å². The first-order valence-corrected chi connectivity index (χ1v) is 13.9. The summed E-state index contributed by atoms with van der Waals surface area (Å²) in [6, 6.07) is 3.95. The Morgan fingerprint density at radius 2 is 1.65 bits per heavy atom. The molecular weight excluding hydrogens is 442 g/mol. The smallest absolute Gasteiger partial charge is 0.255 e. The molecule has 11 heteroatoms. The molecule has 0 bridgehead atoms. The second kappa shape index (κ2) is 9.85. The van der Waals surface area contributed by atoms with E-state index in [0.717, 1.165) is 31.9 Å². The van der Waals surface area contributed by atoms with E-state index >= 15 is 0 Å². The number of piperidine rings is 1. The third-order valence-corrected chi connectivity index (χ3v) is 8.97. The molecule has 0 aliphatic carbocycles. The van der Waals surface area contributed by atoms with E-state index < -0.39 is 26.0 Å². The van der Waals surface area contributed by atoms with Gasteiger partial charge in [-0.25, -0.2) is 21.1 Å². The number of carbonyl (C=O) groups is 1. The molecule has 2 saturated heterocycles. The summed E-state index contributed by atoms with van der Waals surface area (Å²) in [6.07, 6.45) is 6.09. The summed E-state index contributed by atoms with van der Waals surface area (Å²) in [6.45, 7) is 1.56. The van der Waals surface area contributed by atoms with Crippen molar-refractivity contribution in [2.75, 3.05) is 39.5 Å². The van der Waals surface area contributed by atoms with Crippen LogP contribution in [0.1, 0.15) is 48.9 Å². The van der Waals surface area contributed by atoms with Gasteiger partial charge in [0.1, 0.15) is 5.75 Å². The minimum Gasteiger partial charge on any atom is -0.496 e. The molecule has 2 aliphatic heterocycles. The number of ether oxygens (including phenoxy) is 1. The highest BCUT2D eigenvalue weighted by molar-refractivity contribution is 7.89. The van der Waals surface area contributed by atoms with Gasteiger partial charge in [0.05, 0.1) is 23.8 Å². The topological polar surface area (TPSA) is 113 Å². The quantitative estimate of drug-likeness (QED) is 0.668. The van der Waals surface area contributed by atoms with Crippen LogP contribution in [0.3, 0.4) is 0 Å². The fourth-order valence-electron chi connectivity index (χ4n) is 4.08. The van der Waals surface area contributed by atoms with Crippen LogP contribution in [-0.2, 0) is 20.0 Å². The maximum atomic E-state index is 13.1. The second-order valence-corrected chi connectivity index (χ2v) is 12.0. The molecule has 174 valence electrons. The van der Waals surface area contributed by atoms with Crippen molar-refractivity contribution in [2.45, 2.75) is 49.5 Å². The number of amides is 1. The summed E-state index contributed by atoms with van der Waals surface area (Å²) in [5, 5.41) is 2.85. The van der Waals surface area contributed by atoms with Gasteiger partial charge in [-0.2, -0.15) is 4.31 Å². The Balaban J connectivity index is 1.82. The third kappa shape index (κ3) is 5.76. The molecule has 1 atom stereocenters. The Hall–Kier alpha value is -1.69. The van der Waals surface area contributed by atoms with Gasteiger partial charge in [-0.15, -0.1) is 0 Å². The predicted octanol–water partition coefficient (Wildman–Crippen LogP) is 1.41. The Labute approximate surface area is 184 Å². The van der Waals surface area contributed by atoms with Crippen molar-refractivity contribution in [3.05, 3.63) is 23.8 Å². The number of nitrogens with one attached hydrogen (secondary N) is 1. The number of hydrogen-bond acceptors (Lipinski definition) is 6. The van der Waals surface area contributed by atoms with Gasteiger partial charge in [-0.1, -0.05) is 12.8 Å². The van der Waals surface area contributed by atoms with Crippen LogP contribution in [0.2, 0.25) is 0 Å². The van der Waals surface area contributed by atoms with Crippen LogP contribution in [0.25, 0.3) is 0 Å². The molecule has 0 saturated carbocycles. The molecule has 2 fully saturated rings. The summed E-state index contributed by atoms with van der Waals surface area (Å²) in [4.78, 5) is 13.0. The monoisotopic (exact) mass is 473 g/mol. The minimum atomic E-state index is -3.72. The van der Waals surface area contributed by atoms with E-state index in [1.807, 2.05) is 0 Å². The van der Waals surface area contributed by atoms with Crippen LogP contribution in [0.15, 0.2) is 23.1 Å². The highest BCUT2D eigenvalue weighted by Crippen LogP contribution is 2.26. The minimum absolute atomic E-state index is 0.0572. The molecule has 0 aromatic heterocycles. The van der Waals surface area contributed by atoms with Gasteiger partial charge >= 0.3 is 0 Å². The fraction of sp³-hybridized carbons (Fsp3) is 0.650. The summed E-state index contributed by atoms with van der Waals surface area (Å²) in [5.74, 6) is -0.215. The zero-order valence-corrected chi connectivity index (χ0v) is 19.7. The SMILES string of the molecule is COc1ccc(S(=O)(=O)N2CCCCCC2)cc1C(=O)NC1CCCN(S(C)(=O)=O)C1. The highest BCUT2D eigenvalue weighted by atomic mass is 32.2. The molecule has 1 unspecified atom stereocenters. The van der Waals surface area contributed by atoms with Crippen LogP contribution >= 0.6 is 0 Å². The molecule has 1 aromatic rings. The Morgan fingerprint density at radius 3 is 2.26 bits per heavy atom. The summed E-state index contributed by atoms with van der Waals surface area (Å²) < 4.78 is 58.1. The van der Waals surface area contributed by atoms with Crippen LogP contribution < -0.4 is 10.1 Å². The first-order chi connectivity index (χ1) is 14.6. The van der Waals surface area contributed by atoms with Gasteiger partial charge < -0.3 is 10.1 Å². The Kier molecular flexibility index (Phi) is 7.61. The van der Waals surface area contributed by atoms with Gasteiger partial charge in [0.25, 0.3) is 5.91 Å². The molecule has 9 nitrogen and oxygen atoms in total. The number of rotatable bonds is 6. The Morgan fingerprint density at radius 1 is 1.00 bits per heavy atom. The van der Waals surface area contributed by atoms with Crippen molar-refractivity contribution in [1.29, 1.82) is 0 Å². The molecule has 1 aromatic carbocycles. The maximum absolute atomic E-state index is 13.1. The van der Waals surface area contributed by atoms with Crippen molar-refractivity contribution in [3.63, 3.8) is 0 Å². The Bertz CT molecular complexity index is 1000. The highest BCUT2D eigenvalue weighted by Gasteiger charge is 2.30. The van der Waals surface area contributed by atoms with Crippen molar-refractivity contribution < 1.29 is 26.4 Å². The third-order valence-electron chi connectivity index (χ3n) is 5.81. The first kappa shape index (κ1) is 24.0. The largest absolute Gasteiger partial charge is 0.496 e. The number of benzene rings is 1. The molecule has 1 amide bonds. The molecule has 31 heavy (non-hydrogen) atoms. The predicted molar refractivity (Wildman–Crippen MR) is 117 cm³/mol. The lowest BCUT2D eigenvalue weighted by molar-refractivity contribution is 0.0918. The number of sulfonamides is 2. The molecule has 2 aliphatic rings. The van der Waals surface area contributed by atoms with Crippen LogP contribution in [0.5, 0.6) is 5.75 Å². The van der Waals surface area contributed by atoms with E-state index in [4.69, 9.17) is 4.74 Å². The molecular formula is C20H31N3O6S2. The van der Waals surface area contributed by atoms with Gasteiger partial charge in [-0.3, -0.25) is 4.79 Å². The second-order valence-electron chi connectivity index (χ2n) is 8.11. The van der Waals surface area contributed by atoms with E-state index in [1.54, 1.807) is 0 Å². The van der Waals surface area contributed by atoms with Gasteiger partial charge in [0, 0.05) is 32.2 Å². The zero-order valence-electron chi connectivity index (χ0n) is 18.0. The molecule has 2 heterocycles. The standard InChI is InChI=1S/C20H31N3O6S2/c1-29-19-10-9-17(31(27,28)22-11-5-3-4-6-12-22)14-18(19)20(24)21-16-8-7-13-23(15-16)30(2,25)26/h9-10,14,16H,3-8,11-13,15H2,1-2H3,(H,21,24). The van der Waals surface area contributed by atoms with E-state index in [1.165, 1.54) is 33.9 Å². The lowest BCUT2D eigenvalue weighted by atomic mass is 10.1. The fourth-order valence-corrected chi connectivity index (χ4v) is 6.54. The average molecular weight is 474 g/mol. The van der Waals surface area contributed by atoms with Crippen molar-refractivity contribution in [1.82, 2.24) is 13.9 Å². The van der Waals surface area contributed by atoms with E-state index in [0.29, 0.717) is 32.5 Å². The molecule has 0 spiro atoms. The average Bonchev–Trinajstić information content (AvgIpc) is 3.03.